The first-order valence-corrected chi connectivity index (χ1v) is 11.8. The van der Waals surface area contributed by atoms with Gasteiger partial charge in [-0.25, -0.2) is 13.4 Å². The van der Waals surface area contributed by atoms with Gasteiger partial charge in [0.1, 0.15) is 5.69 Å². The lowest BCUT2D eigenvalue weighted by Crippen LogP contribution is -2.42. The van der Waals surface area contributed by atoms with Crippen molar-refractivity contribution in [1.29, 1.82) is 0 Å². The molecule has 0 aliphatic heterocycles. The van der Waals surface area contributed by atoms with Crippen LogP contribution < -0.4 is 10.9 Å². The van der Waals surface area contributed by atoms with Gasteiger partial charge in [-0.05, 0) is 36.2 Å². The number of nitrogens with zero attached hydrogens (tertiary/aromatic N) is 2. The van der Waals surface area contributed by atoms with E-state index in [-0.39, 0.29) is 22.9 Å². The van der Waals surface area contributed by atoms with Crippen LogP contribution in [0, 0.1) is 0 Å². The van der Waals surface area contributed by atoms with Gasteiger partial charge < -0.3 is 0 Å². The minimum absolute atomic E-state index is 0.133. The molecule has 0 radical (unpaired) electrons. The molecule has 1 aromatic heterocycles. The first kappa shape index (κ1) is 23.4. The minimum atomic E-state index is -3.51. The van der Waals surface area contributed by atoms with Gasteiger partial charge in [-0.15, -0.1) is 0 Å². The van der Waals surface area contributed by atoms with Crippen molar-refractivity contribution in [2.45, 2.75) is 31.6 Å². The number of pyridine rings is 1. The molecule has 0 saturated heterocycles. The van der Waals surface area contributed by atoms with Crippen LogP contribution in [-0.4, -0.2) is 42.6 Å². The van der Waals surface area contributed by atoms with Crippen molar-refractivity contribution in [1.82, 2.24) is 20.1 Å². The van der Waals surface area contributed by atoms with E-state index in [0.29, 0.717) is 25.0 Å². The Hall–Kier alpha value is -3.30. The van der Waals surface area contributed by atoms with Crippen LogP contribution in [0.1, 0.15) is 36.3 Å². The Labute approximate surface area is 187 Å². The van der Waals surface area contributed by atoms with E-state index < -0.39 is 15.9 Å². The standard InChI is InChI=1S/C23H26N4O4S/c1-3-27(4-2)32(30,31)19-13-9-17(10-14-19)11-16-22(28)25-26-23(29)21-15-12-18-7-5-6-8-20(18)24-21/h5-10,12-15H,3-4,11,16H2,1-2H3,(H,25,28)(H,26,29). The van der Waals surface area contributed by atoms with E-state index in [0.717, 1.165) is 10.9 Å². The number of amides is 2. The van der Waals surface area contributed by atoms with Crippen LogP contribution in [0.3, 0.4) is 0 Å². The summed E-state index contributed by atoms with van der Waals surface area (Å²) in [6.07, 6.45) is 0.537. The molecular weight excluding hydrogens is 428 g/mol. The lowest BCUT2D eigenvalue weighted by molar-refractivity contribution is -0.121. The van der Waals surface area contributed by atoms with E-state index in [1.54, 1.807) is 50.2 Å². The van der Waals surface area contributed by atoms with Crippen molar-refractivity contribution in [3.63, 3.8) is 0 Å². The molecule has 8 nitrogen and oxygen atoms in total. The number of carbonyl (C=O) groups is 2. The predicted octanol–water partition coefficient (Wildman–Crippen LogP) is 2.66. The molecule has 0 aliphatic carbocycles. The second kappa shape index (κ2) is 10.3. The van der Waals surface area contributed by atoms with Gasteiger partial charge in [0.25, 0.3) is 5.91 Å². The Kier molecular flexibility index (Phi) is 7.55. The smallest absolute Gasteiger partial charge is 0.273 e. The quantitative estimate of drug-likeness (QED) is 0.509. The molecule has 2 aromatic carbocycles. The van der Waals surface area contributed by atoms with E-state index in [4.69, 9.17) is 0 Å². The number of rotatable bonds is 8. The molecule has 32 heavy (non-hydrogen) atoms. The molecule has 2 amide bonds. The molecular formula is C23H26N4O4S. The predicted molar refractivity (Wildman–Crippen MR) is 122 cm³/mol. The van der Waals surface area contributed by atoms with Crippen LogP contribution in [0.25, 0.3) is 10.9 Å². The van der Waals surface area contributed by atoms with Gasteiger partial charge >= 0.3 is 0 Å². The largest absolute Gasteiger partial charge is 0.288 e. The fourth-order valence-corrected chi connectivity index (χ4v) is 4.70. The zero-order chi connectivity index (χ0) is 23.1. The molecule has 168 valence electrons. The summed E-state index contributed by atoms with van der Waals surface area (Å²) >= 11 is 0. The van der Waals surface area contributed by atoms with Crippen molar-refractivity contribution in [3.05, 3.63) is 71.9 Å². The Bertz CT molecular complexity index is 1210. The van der Waals surface area contributed by atoms with Gasteiger partial charge in [0, 0.05) is 24.9 Å². The zero-order valence-corrected chi connectivity index (χ0v) is 18.9. The summed E-state index contributed by atoms with van der Waals surface area (Å²) in [6.45, 7) is 4.40. The summed E-state index contributed by atoms with van der Waals surface area (Å²) < 4.78 is 26.4. The second-order valence-electron chi connectivity index (χ2n) is 7.12. The minimum Gasteiger partial charge on any atom is -0.273 e. The average molecular weight is 455 g/mol. The van der Waals surface area contributed by atoms with Gasteiger partial charge in [-0.2, -0.15) is 4.31 Å². The number of para-hydroxylation sites is 1. The van der Waals surface area contributed by atoms with Crippen LogP contribution >= 0.6 is 0 Å². The Morgan fingerprint density at radius 2 is 1.59 bits per heavy atom. The number of aryl methyl sites for hydroxylation is 1. The average Bonchev–Trinajstić information content (AvgIpc) is 2.81. The molecule has 3 rings (SSSR count). The molecule has 0 bridgehead atoms. The second-order valence-corrected chi connectivity index (χ2v) is 9.06. The highest BCUT2D eigenvalue weighted by Gasteiger charge is 2.21. The number of nitrogens with one attached hydrogen (secondary N) is 2. The molecule has 3 aromatic rings. The first-order chi connectivity index (χ1) is 15.3. The van der Waals surface area contributed by atoms with Crippen LogP contribution in [0.2, 0.25) is 0 Å². The van der Waals surface area contributed by atoms with Gasteiger partial charge in [-0.1, -0.05) is 50.2 Å². The van der Waals surface area contributed by atoms with Gasteiger partial charge in [0.05, 0.1) is 10.4 Å². The lowest BCUT2D eigenvalue weighted by Gasteiger charge is -2.18. The maximum absolute atomic E-state index is 12.5. The summed E-state index contributed by atoms with van der Waals surface area (Å²) in [7, 11) is -3.51. The molecule has 1 heterocycles. The third-order valence-corrected chi connectivity index (χ3v) is 7.12. The van der Waals surface area contributed by atoms with E-state index in [1.165, 1.54) is 4.31 Å². The van der Waals surface area contributed by atoms with Gasteiger partial charge in [0.2, 0.25) is 15.9 Å². The highest BCUT2D eigenvalue weighted by atomic mass is 32.2. The van der Waals surface area contributed by atoms with Crippen molar-refractivity contribution < 1.29 is 18.0 Å². The monoisotopic (exact) mass is 454 g/mol. The van der Waals surface area contributed by atoms with Crippen LogP contribution in [0.15, 0.2) is 65.6 Å². The maximum atomic E-state index is 12.5. The summed E-state index contributed by atoms with van der Waals surface area (Å²) in [5.41, 5.74) is 6.47. The van der Waals surface area contributed by atoms with Gasteiger partial charge in [-0.3, -0.25) is 20.4 Å². The van der Waals surface area contributed by atoms with E-state index in [1.807, 2.05) is 24.3 Å². The number of aromatic nitrogens is 1. The fraction of sp³-hybridized carbons (Fsp3) is 0.261. The molecule has 0 aliphatic rings. The van der Waals surface area contributed by atoms with Crippen molar-refractivity contribution in [2.24, 2.45) is 0 Å². The topological polar surface area (TPSA) is 108 Å². The fourth-order valence-electron chi connectivity index (χ4n) is 3.24. The highest BCUT2D eigenvalue weighted by molar-refractivity contribution is 7.89. The molecule has 0 fully saturated rings. The molecule has 0 unspecified atom stereocenters. The molecule has 0 atom stereocenters. The number of hydrogen-bond acceptors (Lipinski definition) is 5. The third kappa shape index (κ3) is 5.49. The maximum Gasteiger partial charge on any atom is 0.288 e. The summed E-state index contributed by atoms with van der Waals surface area (Å²) in [5, 5.41) is 0.920. The van der Waals surface area contributed by atoms with Crippen molar-refractivity contribution in [3.8, 4) is 0 Å². The Morgan fingerprint density at radius 3 is 2.28 bits per heavy atom. The molecule has 0 saturated carbocycles. The zero-order valence-electron chi connectivity index (χ0n) is 18.0. The van der Waals surface area contributed by atoms with E-state index in [9.17, 15) is 18.0 Å². The lowest BCUT2D eigenvalue weighted by atomic mass is 10.1. The normalized spacial score (nSPS) is 11.5. The number of carbonyl (C=O) groups excluding carboxylic acids is 2. The summed E-state index contributed by atoms with van der Waals surface area (Å²) in [4.78, 5) is 28.9. The van der Waals surface area contributed by atoms with Crippen LogP contribution in [-0.2, 0) is 21.2 Å². The SMILES string of the molecule is CCN(CC)S(=O)(=O)c1ccc(CCC(=O)NNC(=O)c2ccc3ccccc3n2)cc1. The number of hydrogen-bond donors (Lipinski definition) is 2. The van der Waals surface area contributed by atoms with Gasteiger partial charge in [0.15, 0.2) is 0 Å². The summed E-state index contributed by atoms with van der Waals surface area (Å²) in [5.74, 6) is -0.867. The van der Waals surface area contributed by atoms with Crippen molar-refractivity contribution >= 4 is 32.7 Å². The number of fused-ring (bicyclic) bond motifs is 1. The highest BCUT2D eigenvalue weighted by Crippen LogP contribution is 2.17. The number of hydrazine groups is 1. The first-order valence-electron chi connectivity index (χ1n) is 10.4. The Balaban J connectivity index is 1.51. The summed E-state index contributed by atoms with van der Waals surface area (Å²) in [6, 6.07) is 17.3. The number of benzene rings is 2. The third-order valence-electron chi connectivity index (χ3n) is 5.05. The molecule has 9 heteroatoms. The van der Waals surface area contributed by atoms with Crippen LogP contribution in [0.5, 0.6) is 0 Å². The molecule has 2 N–H and O–H groups in total. The van der Waals surface area contributed by atoms with Crippen LogP contribution in [0.4, 0.5) is 0 Å². The molecule has 0 spiro atoms. The van der Waals surface area contributed by atoms with E-state index >= 15 is 0 Å². The van der Waals surface area contributed by atoms with E-state index in [2.05, 4.69) is 15.8 Å². The van der Waals surface area contributed by atoms with Crippen molar-refractivity contribution in [2.75, 3.05) is 13.1 Å². The Morgan fingerprint density at radius 1 is 0.906 bits per heavy atom. The number of sulfonamides is 1.